The number of hydrogen-bond donors (Lipinski definition) is 2. The molecule has 36 heavy (non-hydrogen) atoms. The number of allylic oxidation sites excluding steroid dienone is 1. The summed E-state index contributed by atoms with van der Waals surface area (Å²) in [4.78, 5) is 40.8. The van der Waals surface area contributed by atoms with Crippen LogP contribution in [0.2, 0.25) is 0 Å². The highest BCUT2D eigenvalue weighted by Gasteiger charge is 2.43. The van der Waals surface area contributed by atoms with Crippen LogP contribution in [0.15, 0.2) is 77.3 Å². The first-order chi connectivity index (χ1) is 17.3. The van der Waals surface area contributed by atoms with Crippen molar-refractivity contribution < 1.29 is 23.9 Å². The number of amides is 1. The molecule has 0 aromatic heterocycles. The maximum absolute atomic E-state index is 13.2. The Morgan fingerprint density at radius 3 is 2.25 bits per heavy atom. The third-order valence-electron chi connectivity index (χ3n) is 5.99. The van der Waals surface area contributed by atoms with E-state index >= 15 is 0 Å². The highest BCUT2D eigenvalue weighted by Crippen LogP contribution is 2.43. The third-order valence-corrected chi connectivity index (χ3v) is 5.99. The van der Waals surface area contributed by atoms with Gasteiger partial charge in [-0.25, -0.2) is 9.59 Å². The summed E-state index contributed by atoms with van der Waals surface area (Å²) in [6.45, 7) is 3.80. The predicted octanol–water partition coefficient (Wildman–Crippen LogP) is 3.11. The van der Waals surface area contributed by atoms with Gasteiger partial charge in [-0.1, -0.05) is 49.4 Å². The number of carbonyl (C=O) groups is 3. The van der Waals surface area contributed by atoms with Crippen LogP contribution in [0.4, 0.5) is 5.69 Å². The molecule has 0 radical (unpaired) electrons. The number of nitrogens with zero attached hydrogens (tertiary/aromatic N) is 2. The summed E-state index contributed by atoms with van der Waals surface area (Å²) in [5.74, 6) is -3.22. The van der Waals surface area contributed by atoms with Gasteiger partial charge in [-0.3, -0.25) is 9.69 Å². The van der Waals surface area contributed by atoms with Gasteiger partial charge >= 0.3 is 11.9 Å². The molecule has 1 aliphatic rings. The fourth-order valence-corrected chi connectivity index (χ4v) is 4.03. The van der Waals surface area contributed by atoms with Crippen molar-refractivity contribution in [3.05, 3.63) is 88.4 Å². The molecule has 1 amide bonds. The quantitative estimate of drug-likeness (QED) is 0.568. The number of carbonyl (C=O) groups excluding carboxylic acids is 3. The van der Waals surface area contributed by atoms with E-state index in [4.69, 9.17) is 15.2 Å². The number of para-hydroxylation sites is 1. The van der Waals surface area contributed by atoms with E-state index in [1.165, 1.54) is 19.1 Å². The van der Waals surface area contributed by atoms with E-state index in [0.717, 1.165) is 0 Å². The summed E-state index contributed by atoms with van der Waals surface area (Å²) in [6, 6.07) is 17.2. The second-order valence-electron chi connectivity index (χ2n) is 8.14. The number of benzene rings is 2. The molecule has 0 saturated heterocycles. The van der Waals surface area contributed by atoms with Crippen molar-refractivity contribution >= 4 is 23.5 Å². The van der Waals surface area contributed by atoms with Crippen molar-refractivity contribution in [2.24, 2.45) is 5.73 Å². The van der Waals surface area contributed by atoms with Gasteiger partial charge in [0, 0.05) is 6.04 Å². The summed E-state index contributed by atoms with van der Waals surface area (Å²) in [6.07, 6.45) is 0.705. The molecule has 0 spiro atoms. The van der Waals surface area contributed by atoms with Gasteiger partial charge in [-0.2, -0.15) is 5.26 Å². The number of anilines is 1. The largest absolute Gasteiger partial charge is 0.466 e. The lowest BCUT2D eigenvalue weighted by molar-refractivity contribution is -0.139. The highest BCUT2D eigenvalue weighted by molar-refractivity contribution is 6.08. The van der Waals surface area contributed by atoms with Crippen LogP contribution in [-0.4, -0.2) is 38.1 Å². The molecule has 0 fully saturated rings. The summed E-state index contributed by atoms with van der Waals surface area (Å²) in [7, 11) is 2.35. The Balaban J connectivity index is 2.38. The zero-order valence-electron chi connectivity index (χ0n) is 20.6. The Bertz CT molecular complexity index is 1280. The Morgan fingerprint density at radius 2 is 1.67 bits per heavy atom. The highest BCUT2D eigenvalue weighted by atomic mass is 16.5. The van der Waals surface area contributed by atoms with Gasteiger partial charge in [0.2, 0.25) is 0 Å². The molecule has 2 unspecified atom stereocenters. The minimum absolute atomic E-state index is 0.0198. The van der Waals surface area contributed by atoms with Crippen molar-refractivity contribution in [3.63, 3.8) is 0 Å². The Hall–Kier alpha value is -4.58. The second kappa shape index (κ2) is 11.2. The molecule has 1 heterocycles. The zero-order chi connectivity index (χ0) is 26.4. The summed E-state index contributed by atoms with van der Waals surface area (Å²) < 4.78 is 10.1. The van der Waals surface area contributed by atoms with Gasteiger partial charge in [0.25, 0.3) is 5.91 Å². The predicted molar refractivity (Wildman–Crippen MR) is 133 cm³/mol. The van der Waals surface area contributed by atoms with E-state index in [0.29, 0.717) is 12.0 Å². The second-order valence-corrected chi connectivity index (χ2v) is 8.14. The average Bonchev–Trinajstić information content (AvgIpc) is 2.91. The van der Waals surface area contributed by atoms with E-state index in [-0.39, 0.29) is 40.0 Å². The number of rotatable bonds is 7. The van der Waals surface area contributed by atoms with Crippen LogP contribution in [0.25, 0.3) is 0 Å². The van der Waals surface area contributed by atoms with Crippen molar-refractivity contribution in [2.75, 3.05) is 19.1 Å². The van der Waals surface area contributed by atoms with Crippen LogP contribution in [0.3, 0.4) is 0 Å². The van der Waals surface area contributed by atoms with Crippen molar-refractivity contribution in [2.45, 2.75) is 32.2 Å². The van der Waals surface area contributed by atoms with Gasteiger partial charge in [-0.05, 0) is 31.0 Å². The monoisotopic (exact) mass is 488 g/mol. The van der Waals surface area contributed by atoms with Crippen molar-refractivity contribution in [1.29, 1.82) is 5.26 Å². The van der Waals surface area contributed by atoms with Crippen LogP contribution in [0.5, 0.6) is 0 Å². The molecular formula is C27H28N4O5. The smallest absolute Gasteiger partial charge is 0.355 e. The van der Waals surface area contributed by atoms with E-state index in [2.05, 4.69) is 11.4 Å². The molecule has 0 saturated carbocycles. The third kappa shape index (κ3) is 4.79. The average molecular weight is 489 g/mol. The van der Waals surface area contributed by atoms with Gasteiger partial charge in [0.05, 0.1) is 48.6 Å². The van der Waals surface area contributed by atoms with Crippen LogP contribution < -0.4 is 16.0 Å². The lowest BCUT2D eigenvalue weighted by Gasteiger charge is -2.36. The van der Waals surface area contributed by atoms with Crippen LogP contribution in [0, 0.1) is 11.3 Å². The van der Waals surface area contributed by atoms with E-state index in [1.54, 1.807) is 54.6 Å². The maximum atomic E-state index is 13.2. The number of nitriles is 1. The molecule has 9 heteroatoms. The number of nitrogens with one attached hydrogen (secondary N) is 1. The topological polar surface area (TPSA) is 135 Å². The lowest BCUT2D eigenvalue weighted by Crippen LogP contribution is -2.42. The van der Waals surface area contributed by atoms with Gasteiger partial charge in [0.15, 0.2) is 0 Å². The number of methoxy groups -OCH3 is 2. The van der Waals surface area contributed by atoms with Gasteiger partial charge < -0.3 is 20.5 Å². The molecular weight excluding hydrogens is 460 g/mol. The Morgan fingerprint density at radius 1 is 1.06 bits per heavy atom. The van der Waals surface area contributed by atoms with Crippen LogP contribution in [0.1, 0.15) is 42.1 Å². The number of ether oxygens (including phenoxy) is 2. The lowest BCUT2D eigenvalue weighted by atomic mass is 9.80. The summed E-state index contributed by atoms with van der Waals surface area (Å²) in [5.41, 5.74) is 7.15. The normalized spacial score (nSPS) is 16.2. The van der Waals surface area contributed by atoms with Crippen LogP contribution >= 0.6 is 0 Å². The first-order valence-corrected chi connectivity index (χ1v) is 11.4. The zero-order valence-corrected chi connectivity index (χ0v) is 20.6. The molecule has 9 nitrogen and oxygen atoms in total. The minimum Gasteiger partial charge on any atom is -0.466 e. The van der Waals surface area contributed by atoms with Crippen LogP contribution in [-0.2, 0) is 19.1 Å². The molecule has 3 rings (SSSR count). The summed E-state index contributed by atoms with van der Waals surface area (Å²) in [5, 5.41) is 13.0. The molecule has 2 atom stereocenters. The fourth-order valence-electron chi connectivity index (χ4n) is 4.03. The van der Waals surface area contributed by atoms with Gasteiger partial charge in [-0.15, -0.1) is 0 Å². The first-order valence-electron chi connectivity index (χ1n) is 11.4. The van der Waals surface area contributed by atoms with E-state index in [1.807, 2.05) is 13.8 Å². The van der Waals surface area contributed by atoms with E-state index in [9.17, 15) is 19.6 Å². The fraction of sp³-hybridized carbons (Fsp3) is 0.259. The molecule has 2 aromatic carbocycles. The Labute approximate surface area is 209 Å². The minimum atomic E-state index is -0.991. The Kier molecular flexibility index (Phi) is 8.12. The molecule has 2 aromatic rings. The molecule has 186 valence electrons. The summed E-state index contributed by atoms with van der Waals surface area (Å²) >= 11 is 0. The maximum Gasteiger partial charge on any atom is 0.355 e. The number of hydrogen-bond acceptors (Lipinski definition) is 8. The molecule has 1 aliphatic heterocycles. The molecule has 0 aliphatic carbocycles. The first kappa shape index (κ1) is 26.0. The van der Waals surface area contributed by atoms with Crippen molar-refractivity contribution in [1.82, 2.24) is 5.32 Å². The van der Waals surface area contributed by atoms with Crippen molar-refractivity contribution in [3.8, 4) is 6.07 Å². The number of esters is 2. The molecule has 0 bridgehead atoms. The van der Waals surface area contributed by atoms with Gasteiger partial charge in [0.1, 0.15) is 11.5 Å². The number of nitrogens with two attached hydrogens (primary N) is 1. The standard InChI is InChI=1S/C27H28N4O5/c1-5-16(2)30-25(32)18-13-9-10-14-20(18)31-23(27(34)36-4)22(26(33)35-3)21(19(15-28)24(31)29)17-11-7-6-8-12-17/h6-14,16,21H,5,29H2,1-4H3,(H,30,32). The SMILES string of the molecule is CCC(C)NC(=O)c1ccccc1N1C(N)=C(C#N)C(c2ccccc2)C(C(=O)OC)=C1C(=O)OC. The molecule has 3 N–H and O–H groups in total. The van der Waals surface area contributed by atoms with E-state index < -0.39 is 23.8 Å².